The lowest BCUT2D eigenvalue weighted by Crippen LogP contribution is -2.29. The number of hydrogen-bond acceptors (Lipinski definition) is 3. The molecule has 1 aromatic rings. The van der Waals surface area contributed by atoms with Crippen LogP contribution in [0.15, 0.2) is 17.0 Å². The third-order valence-corrected chi connectivity index (χ3v) is 5.67. The first kappa shape index (κ1) is 16.9. The monoisotopic (exact) mass is 369 g/mol. The molecule has 0 heterocycles. The van der Waals surface area contributed by atoms with Gasteiger partial charge < -0.3 is 5.32 Å². The Labute approximate surface area is 138 Å². The van der Waals surface area contributed by atoms with Crippen LogP contribution in [0, 0.1) is 11.8 Å². The summed E-state index contributed by atoms with van der Waals surface area (Å²) in [5.74, 6) is 0.568. The van der Waals surface area contributed by atoms with E-state index in [1.165, 1.54) is 12.8 Å². The first-order chi connectivity index (χ1) is 9.70. The largest absolute Gasteiger partial charge is 0.352 e. The van der Waals surface area contributed by atoms with E-state index >= 15 is 0 Å². The van der Waals surface area contributed by atoms with Crippen LogP contribution in [0.3, 0.4) is 0 Å². The quantitative estimate of drug-likeness (QED) is 0.804. The number of carbonyl (C=O) groups is 1. The topological polar surface area (TPSA) is 63.2 Å². The summed E-state index contributed by atoms with van der Waals surface area (Å²) in [6.07, 6.45) is 2.37. The van der Waals surface area contributed by atoms with Gasteiger partial charge in [0.1, 0.15) is 0 Å². The maximum Gasteiger partial charge on any atom is 0.261 e. The molecule has 8 heteroatoms. The maximum absolute atomic E-state index is 12.2. The highest BCUT2D eigenvalue weighted by Gasteiger charge is 2.28. The number of rotatable bonds is 5. The second kappa shape index (κ2) is 6.32. The molecule has 1 N–H and O–H groups in total. The van der Waals surface area contributed by atoms with Crippen LogP contribution in [0.4, 0.5) is 0 Å². The molecule has 116 valence electrons. The van der Waals surface area contributed by atoms with Crippen molar-refractivity contribution in [3.8, 4) is 0 Å². The van der Waals surface area contributed by atoms with Crippen LogP contribution in [0.25, 0.3) is 0 Å². The third kappa shape index (κ3) is 4.25. The molecule has 0 spiro atoms. The maximum atomic E-state index is 12.2. The zero-order chi connectivity index (χ0) is 15.8. The minimum atomic E-state index is -3.98. The van der Waals surface area contributed by atoms with Crippen molar-refractivity contribution in [3.05, 3.63) is 27.7 Å². The Morgan fingerprint density at radius 3 is 2.52 bits per heavy atom. The fourth-order valence-corrected chi connectivity index (χ4v) is 3.31. The standard InChI is InChI=1S/C13H14Cl3NO3S/c1-7(8-2-3-8)6-17-13(18)10-4-9(21(16,19)20)5-11(14)12(10)15/h4-5,7-8H,2-3,6H2,1H3,(H,17,18). The van der Waals surface area contributed by atoms with Gasteiger partial charge in [-0.3, -0.25) is 4.79 Å². The summed E-state index contributed by atoms with van der Waals surface area (Å²) < 4.78 is 22.7. The normalized spacial score (nSPS) is 16.6. The van der Waals surface area contributed by atoms with Gasteiger partial charge in [-0.2, -0.15) is 0 Å². The van der Waals surface area contributed by atoms with E-state index in [1.807, 2.05) is 0 Å². The summed E-state index contributed by atoms with van der Waals surface area (Å²) >= 11 is 11.8. The molecule has 1 atom stereocenters. The van der Waals surface area contributed by atoms with E-state index in [4.69, 9.17) is 33.9 Å². The Hall–Kier alpha value is -0.490. The minimum Gasteiger partial charge on any atom is -0.352 e. The van der Waals surface area contributed by atoms with Gasteiger partial charge in [-0.1, -0.05) is 30.1 Å². The van der Waals surface area contributed by atoms with E-state index in [0.717, 1.165) is 12.1 Å². The number of hydrogen-bond donors (Lipinski definition) is 1. The van der Waals surface area contributed by atoms with E-state index in [2.05, 4.69) is 12.2 Å². The Kier molecular flexibility index (Phi) is 5.08. The van der Waals surface area contributed by atoms with Crippen LogP contribution in [-0.4, -0.2) is 20.9 Å². The summed E-state index contributed by atoms with van der Waals surface area (Å²) in [6.45, 7) is 2.57. The van der Waals surface area contributed by atoms with Crippen LogP contribution in [-0.2, 0) is 9.05 Å². The molecule has 21 heavy (non-hydrogen) atoms. The summed E-state index contributed by atoms with van der Waals surface area (Å²) in [6, 6.07) is 2.25. The fraction of sp³-hybridized carbons (Fsp3) is 0.462. The van der Waals surface area contributed by atoms with Gasteiger partial charge in [0.05, 0.1) is 20.5 Å². The number of amides is 1. The van der Waals surface area contributed by atoms with Gasteiger partial charge in [0.2, 0.25) is 0 Å². The summed E-state index contributed by atoms with van der Waals surface area (Å²) in [7, 11) is 1.29. The average Bonchev–Trinajstić information content (AvgIpc) is 3.21. The molecule has 1 aromatic carbocycles. The highest BCUT2D eigenvalue weighted by molar-refractivity contribution is 8.13. The van der Waals surface area contributed by atoms with Crippen molar-refractivity contribution in [2.45, 2.75) is 24.7 Å². The zero-order valence-corrected chi connectivity index (χ0v) is 14.3. The molecule has 0 radical (unpaired) electrons. The molecule has 0 aliphatic heterocycles. The van der Waals surface area contributed by atoms with E-state index in [1.54, 1.807) is 0 Å². The van der Waals surface area contributed by atoms with Gasteiger partial charge in [-0.05, 0) is 36.8 Å². The zero-order valence-electron chi connectivity index (χ0n) is 11.2. The van der Waals surface area contributed by atoms with Crippen molar-refractivity contribution in [1.82, 2.24) is 5.32 Å². The molecule has 1 amide bonds. The number of nitrogens with one attached hydrogen (secondary N) is 1. The molecule has 1 unspecified atom stereocenters. The first-order valence-electron chi connectivity index (χ1n) is 6.42. The predicted molar refractivity (Wildman–Crippen MR) is 83.7 cm³/mol. The molecule has 1 aliphatic rings. The summed E-state index contributed by atoms with van der Waals surface area (Å²) in [5, 5.41) is 2.73. The van der Waals surface area contributed by atoms with Crippen molar-refractivity contribution in [3.63, 3.8) is 0 Å². The van der Waals surface area contributed by atoms with Gasteiger partial charge in [0.25, 0.3) is 15.0 Å². The smallest absolute Gasteiger partial charge is 0.261 e. The van der Waals surface area contributed by atoms with Crippen molar-refractivity contribution in [2.75, 3.05) is 6.54 Å². The van der Waals surface area contributed by atoms with Crippen molar-refractivity contribution < 1.29 is 13.2 Å². The SMILES string of the molecule is CC(CNC(=O)c1cc(S(=O)(=O)Cl)cc(Cl)c1Cl)C1CC1. The summed E-state index contributed by atoms with van der Waals surface area (Å²) in [5.41, 5.74) is 0.00592. The van der Waals surface area contributed by atoms with Crippen LogP contribution in [0.5, 0.6) is 0 Å². The van der Waals surface area contributed by atoms with Gasteiger partial charge in [-0.25, -0.2) is 8.42 Å². The number of carbonyl (C=O) groups excluding carboxylic acids is 1. The van der Waals surface area contributed by atoms with Crippen molar-refractivity contribution >= 4 is 48.8 Å². The van der Waals surface area contributed by atoms with E-state index < -0.39 is 15.0 Å². The summed E-state index contributed by atoms with van der Waals surface area (Å²) in [4.78, 5) is 11.9. The van der Waals surface area contributed by atoms with Crippen molar-refractivity contribution in [1.29, 1.82) is 0 Å². The van der Waals surface area contributed by atoms with Crippen molar-refractivity contribution in [2.24, 2.45) is 11.8 Å². The van der Waals surface area contributed by atoms with Crippen LogP contribution in [0.2, 0.25) is 10.0 Å². The second-order valence-electron chi connectivity index (χ2n) is 5.23. The van der Waals surface area contributed by atoms with Crippen LogP contribution >= 0.6 is 33.9 Å². The molecule has 1 aliphatic carbocycles. The van der Waals surface area contributed by atoms with E-state index in [9.17, 15) is 13.2 Å². The Balaban J connectivity index is 2.21. The van der Waals surface area contributed by atoms with Gasteiger partial charge in [-0.15, -0.1) is 0 Å². The lowest BCUT2D eigenvalue weighted by atomic mass is 10.1. The second-order valence-corrected chi connectivity index (χ2v) is 8.58. The van der Waals surface area contributed by atoms with Gasteiger partial charge >= 0.3 is 0 Å². The van der Waals surface area contributed by atoms with Crippen LogP contribution in [0.1, 0.15) is 30.1 Å². The van der Waals surface area contributed by atoms with E-state index in [-0.39, 0.29) is 20.5 Å². The predicted octanol–water partition coefficient (Wildman–Crippen LogP) is 3.70. The Bertz CT molecular complexity index is 671. The minimum absolute atomic E-state index is 0.00592. The molecular formula is C13H14Cl3NO3S. The lowest BCUT2D eigenvalue weighted by molar-refractivity contribution is 0.0946. The highest BCUT2D eigenvalue weighted by Crippen LogP contribution is 2.36. The molecule has 2 rings (SSSR count). The molecule has 1 fully saturated rings. The number of halogens is 3. The van der Waals surface area contributed by atoms with E-state index in [0.29, 0.717) is 18.4 Å². The Morgan fingerprint density at radius 2 is 2.00 bits per heavy atom. The average molecular weight is 371 g/mol. The van der Waals surface area contributed by atoms with Crippen LogP contribution < -0.4 is 5.32 Å². The molecule has 0 bridgehead atoms. The first-order valence-corrected chi connectivity index (χ1v) is 9.48. The molecule has 1 saturated carbocycles. The fourth-order valence-electron chi connectivity index (χ4n) is 2.05. The molecule has 0 aromatic heterocycles. The van der Waals surface area contributed by atoms with Gasteiger partial charge in [0, 0.05) is 17.2 Å². The Morgan fingerprint density at radius 1 is 1.38 bits per heavy atom. The highest BCUT2D eigenvalue weighted by atomic mass is 35.7. The molecule has 0 saturated heterocycles. The number of benzene rings is 1. The molecule has 4 nitrogen and oxygen atoms in total. The molecular weight excluding hydrogens is 357 g/mol. The lowest BCUT2D eigenvalue weighted by Gasteiger charge is -2.13. The van der Waals surface area contributed by atoms with Gasteiger partial charge in [0.15, 0.2) is 0 Å². The third-order valence-electron chi connectivity index (χ3n) is 3.54.